The van der Waals surface area contributed by atoms with Gasteiger partial charge in [-0.05, 0) is 6.92 Å². The number of amides is 1. The molecule has 2 rings (SSSR count). The topological polar surface area (TPSA) is 85.4 Å². The highest BCUT2D eigenvalue weighted by Gasteiger charge is 2.24. The van der Waals surface area contributed by atoms with Crippen molar-refractivity contribution in [1.82, 2.24) is 9.71 Å². The van der Waals surface area contributed by atoms with E-state index in [0.717, 1.165) is 5.56 Å². The fourth-order valence-electron chi connectivity index (χ4n) is 1.70. The third-order valence-corrected chi connectivity index (χ3v) is 5.48. The first-order valence-corrected chi connectivity index (χ1v) is 8.92. The molecule has 0 aliphatic carbocycles. The zero-order valence-corrected chi connectivity index (χ0v) is 13.8. The van der Waals surface area contributed by atoms with Crippen LogP contribution in [-0.4, -0.2) is 38.3 Å². The van der Waals surface area contributed by atoms with Gasteiger partial charge in [-0.1, -0.05) is 30.3 Å². The summed E-state index contributed by atoms with van der Waals surface area (Å²) in [7, 11) is -2.38. The maximum Gasteiger partial charge on any atom is 0.284 e. The summed E-state index contributed by atoms with van der Waals surface area (Å²) in [4.78, 5) is 16.2. The number of benzene rings is 1. The predicted molar refractivity (Wildman–Crippen MR) is 85.3 cm³/mol. The second-order valence-electron chi connectivity index (χ2n) is 4.65. The van der Waals surface area contributed by atoms with Crippen LogP contribution < -0.4 is 4.72 Å². The average molecular weight is 340 g/mol. The Morgan fingerprint density at radius 1 is 1.36 bits per heavy atom. The van der Waals surface area contributed by atoms with Crippen LogP contribution in [-0.2, 0) is 14.8 Å². The van der Waals surface area contributed by atoms with Gasteiger partial charge in [0.15, 0.2) is 0 Å². The summed E-state index contributed by atoms with van der Waals surface area (Å²) < 4.78 is 30.7. The number of rotatable bonds is 6. The number of carbonyl (C=O) groups is 1. The lowest BCUT2D eigenvalue weighted by molar-refractivity contribution is 0.0976. The lowest BCUT2D eigenvalue weighted by Gasteiger charge is -2.11. The van der Waals surface area contributed by atoms with Gasteiger partial charge in [-0.15, -0.1) is 11.3 Å². The van der Waals surface area contributed by atoms with Crippen LogP contribution in [0.2, 0.25) is 0 Å². The number of thiazole rings is 1. The minimum Gasteiger partial charge on any atom is -0.383 e. The van der Waals surface area contributed by atoms with E-state index in [4.69, 9.17) is 4.74 Å². The molecule has 0 aliphatic rings. The Hall–Kier alpha value is -1.77. The van der Waals surface area contributed by atoms with Crippen LogP contribution in [0.15, 0.2) is 35.7 Å². The molecule has 1 amide bonds. The SMILES string of the molecule is COC[C@H](C)S(=O)(=O)NC(=O)c1csc(-c2ccccc2)n1. The molecule has 0 unspecified atom stereocenters. The molecular formula is C14H16N2O4S2. The molecule has 1 N–H and O–H groups in total. The zero-order valence-electron chi connectivity index (χ0n) is 12.1. The molecule has 8 heteroatoms. The Morgan fingerprint density at radius 3 is 2.68 bits per heavy atom. The summed E-state index contributed by atoms with van der Waals surface area (Å²) in [5, 5.41) is 1.37. The molecule has 0 radical (unpaired) electrons. The minimum absolute atomic E-state index is 0.00887. The van der Waals surface area contributed by atoms with Crippen LogP contribution in [0.4, 0.5) is 0 Å². The quantitative estimate of drug-likeness (QED) is 0.868. The Morgan fingerprint density at radius 2 is 2.05 bits per heavy atom. The second-order valence-corrected chi connectivity index (χ2v) is 7.60. The molecule has 0 fully saturated rings. The van der Waals surface area contributed by atoms with Gasteiger partial charge >= 0.3 is 0 Å². The van der Waals surface area contributed by atoms with Crippen molar-refractivity contribution < 1.29 is 17.9 Å². The van der Waals surface area contributed by atoms with Crippen LogP contribution >= 0.6 is 11.3 Å². The van der Waals surface area contributed by atoms with Crippen molar-refractivity contribution in [2.24, 2.45) is 0 Å². The smallest absolute Gasteiger partial charge is 0.284 e. The normalized spacial score (nSPS) is 12.8. The Bertz CT molecular complexity index is 741. The lowest BCUT2D eigenvalue weighted by Crippen LogP contribution is -2.39. The van der Waals surface area contributed by atoms with E-state index in [2.05, 4.69) is 4.98 Å². The molecule has 1 aromatic carbocycles. The van der Waals surface area contributed by atoms with Crippen molar-refractivity contribution >= 4 is 27.3 Å². The number of sulfonamides is 1. The third-order valence-electron chi connectivity index (χ3n) is 2.92. The van der Waals surface area contributed by atoms with Crippen molar-refractivity contribution in [2.45, 2.75) is 12.2 Å². The second kappa shape index (κ2) is 6.99. The maximum absolute atomic E-state index is 12.0. The molecule has 2 aromatic rings. The molecule has 118 valence electrons. The van der Waals surface area contributed by atoms with Gasteiger partial charge in [0.25, 0.3) is 5.91 Å². The Kier molecular flexibility index (Phi) is 5.28. The van der Waals surface area contributed by atoms with Crippen LogP contribution in [0, 0.1) is 0 Å². The van der Waals surface area contributed by atoms with Crippen LogP contribution in [0.5, 0.6) is 0 Å². The first kappa shape index (κ1) is 16.6. The maximum atomic E-state index is 12.0. The number of aromatic nitrogens is 1. The number of hydrogen-bond donors (Lipinski definition) is 1. The summed E-state index contributed by atoms with van der Waals surface area (Å²) in [5.41, 5.74) is 0.958. The van der Waals surface area contributed by atoms with Crippen molar-refractivity contribution in [3.05, 3.63) is 41.4 Å². The fraction of sp³-hybridized carbons (Fsp3) is 0.286. The number of hydrogen-bond acceptors (Lipinski definition) is 6. The largest absolute Gasteiger partial charge is 0.383 e. The van der Waals surface area contributed by atoms with Crippen molar-refractivity contribution in [3.63, 3.8) is 0 Å². The average Bonchev–Trinajstić information content (AvgIpc) is 2.98. The van der Waals surface area contributed by atoms with Gasteiger partial charge in [0.2, 0.25) is 10.0 Å². The van der Waals surface area contributed by atoms with E-state index >= 15 is 0 Å². The standard InChI is InChI=1S/C14H16N2O4S2/c1-10(8-20-2)22(18,19)16-13(17)12-9-21-14(15-12)11-6-4-3-5-7-11/h3-7,9-10H,8H2,1-2H3,(H,16,17)/t10-/m0/s1. The monoisotopic (exact) mass is 340 g/mol. The molecule has 0 aliphatic heterocycles. The van der Waals surface area contributed by atoms with Gasteiger partial charge in [-0.25, -0.2) is 18.1 Å². The van der Waals surface area contributed by atoms with Gasteiger partial charge in [0.1, 0.15) is 16.0 Å². The number of nitrogens with one attached hydrogen (secondary N) is 1. The van der Waals surface area contributed by atoms with Crippen LogP contribution in [0.25, 0.3) is 10.6 Å². The van der Waals surface area contributed by atoms with Gasteiger partial charge in [0, 0.05) is 18.1 Å². The highest BCUT2D eigenvalue weighted by atomic mass is 32.2. The van der Waals surface area contributed by atoms with Gasteiger partial charge in [-0.2, -0.15) is 0 Å². The van der Waals surface area contributed by atoms with Gasteiger partial charge in [0.05, 0.1) is 6.61 Å². The minimum atomic E-state index is -3.79. The Labute approximate surface area is 133 Å². The first-order valence-electron chi connectivity index (χ1n) is 6.50. The molecule has 0 bridgehead atoms. The van der Waals surface area contributed by atoms with E-state index in [1.54, 1.807) is 0 Å². The number of carbonyl (C=O) groups excluding carboxylic acids is 1. The predicted octanol–water partition coefficient (Wildman–Crippen LogP) is 1.90. The van der Waals surface area contributed by atoms with E-state index in [0.29, 0.717) is 5.01 Å². The summed E-state index contributed by atoms with van der Waals surface area (Å²) >= 11 is 1.28. The van der Waals surface area contributed by atoms with E-state index < -0.39 is 21.2 Å². The summed E-state index contributed by atoms with van der Waals surface area (Å²) in [6.07, 6.45) is 0. The summed E-state index contributed by atoms with van der Waals surface area (Å²) in [5.74, 6) is -0.735. The molecule has 1 heterocycles. The fourth-order valence-corrected chi connectivity index (χ4v) is 3.38. The molecule has 0 saturated carbocycles. The van der Waals surface area contributed by atoms with E-state index in [-0.39, 0.29) is 12.3 Å². The number of methoxy groups -OCH3 is 1. The number of nitrogens with zero attached hydrogens (tertiary/aromatic N) is 1. The summed E-state index contributed by atoms with van der Waals surface area (Å²) in [6, 6.07) is 9.37. The van der Waals surface area contributed by atoms with E-state index in [1.807, 2.05) is 35.1 Å². The lowest BCUT2D eigenvalue weighted by atomic mass is 10.2. The van der Waals surface area contributed by atoms with Crippen molar-refractivity contribution in [3.8, 4) is 10.6 Å². The van der Waals surface area contributed by atoms with Crippen molar-refractivity contribution in [1.29, 1.82) is 0 Å². The Balaban J connectivity index is 2.13. The van der Waals surface area contributed by atoms with E-state index in [1.165, 1.54) is 30.8 Å². The van der Waals surface area contributed by atoms with Crippen molar-refractivity contribution in [2.75, 3.05) is 13.7 Å². The van der Waals surface area contributed by atoms with Gasteiger partial charge in [-0.3, -0.25) is 4.79 Å². The molecule has 1 atom stereocenters. The first-order chi connectivity index (χ1) is 10.4. The highest BCUT2D eigenvalue weighted by molar-refractivity contribution is 7.90. The van der Waals surface area contributed by atoms with Gasteiger partial charge < -0.3 is 4.74 Å². The van der Waals surface area contributed by atoms with Crippen LogP contribution in [0.3, 0.4) is 0 Å². The summed E-state index contributed by atoms with van der Waals surface area (Å²) in [6.45, 7) is 1.48. The molecule has 6 nitrogen and oxygen atoms in total. The molecule has 0 saturated heterocycles. The molecular weight excluding hydrogens is 324 g/mol. The highest BCUT2D eigenvalue weighted by Crippen LogP contribution is 2.23. The van der Waals surface area contributed by atoms with E-state index in [9.17, 15) is 13.2 Å². The number of ether oxygens (including phenoxy) is 1. The van der Waals surface area contributed by atoms with Crippen LogP contribution in [0.1, 0.15) is 17.4 Å². The molecule has 1 aromatic heterocycles. The molecule has 22 heavy (non-hydrogen) atoms. The zero-order chi connectivity index (χ0) is 16.2. The third kappa shape index (κ3) is 3.90. The molecule has 0 spiro atoms.